The third-order valence-electron chi connectivity index (χ3n) is 4.69. The molecular formula is C19H27N3O4S. The van der Waals surface area contributed by atoms with Crippen LogP contribution in [0.5, 0.6) is 0 Å². The van der Waals surface area contributed by atoms with Crippen LogP contribution in [0.1, 0.15) is 24.8 Å². The van der Waals surface area contributed by atoms with Gasteiger partial charge in [0.2, 0.25) is 11.8 Å². The van der Waals surface area contributed by atoms with Gasteiger partial charge in [0.15, 0.2) is 0 Å². The third-order valence-corrected chi connectivity index (χ3v) is 5.33. The van der Waals surface area contributed by atoms with Crippen LogP contribution in [-0.4, -0.2) is 64.5 Å². The van der Waals surface area contributed by atoms with E-state index >= 15 is 0 Å². The molecule has 1 saturated heterocycles. The fourth-order valence-electron chi connectivity index (χ4n) is 3.19. The summed E-state index contributed by atoms with van der Waals surface area (Å²) < 4.78 is 0. The highest BCUT2D eigenvalue weighted by atomic mass is 32.2. The van der Waals surface area contributed by atoms with Gasteiger partial charge in [-0.2, -0.15) is 11.8 Å². The number of carbonyl (C=O) groups is 3. The molecule has 1 aliphatic heterocycles. The molecule has 2 rings (SSSR count). The van der Waals surface area contributed by atoms with Crippen LogP contribution >= 0.6 is 11.8 Å². The molecule has 8 heteroatoms. The highest BCUT2D eigenvalue weighted by Crippen LogP contribution is 2.19. The van der Waals surface area contributed by atoms with Crippen molar-refractivity contribution in [1.82, 2.24) is 10.2 Å². The lowest BCUT2D eigenvalue weighted by molar-refractivity contribution is -0.149. The zero-order chi connectivity index (χ0) is 19.8. The second kappa shape index (κ2) is 10.3. The van der Waals surface area contributed by atoms with Gasteiger partial charge in [-0.25, -0.2) is 4.79 Å². The van der Waals surface area contributed by atoms with Crippen LogP contribution in [-0.2, 0) is 20.8 Å². The largest absolute Gasteiger partial charge is 0.480 e. The fourth-order valence-corrected chi connectivity index (χ4v) is 3.68. The Balaban J connectivity index is 2.14. The first-order valence-electron chi connectivity index (χ1n) is 9.06. The number of nitrogens with zero attached hydrogens (tertiary/aromatic N) is 1. The molecule has 1 heterocycles. The molecule has 7 nitrogen and oxygen atoms in total. The van der Waals surface area contributed by atoms with E-state index < -0.39 is 24.1 Å². The van der Waals surface area contributed by atoms with Gasteiger partial charge in [-0.15, -0.1) is 0 Å². The molecule has 0 unspecified atom stereocenters. The number of hydrogen-bond acceptors (Lipinski definition) is 5. The molecule has 1 aromatic rings. The molecule has 27 heavy (non-hydrogen) atoms. The Kier molecular flexibility index (Phi) is 8.12. The van der Waals surface area contributed by atoms with E-state index in [2.05, 4.69) is 5.32 Å². The Bertz CT molecular complexity index is 656. The Hall–Kier alpha value is -2.06. The minimum Gasteiger partial charge on any atom is -0.480 e. The average Bonchev–Trinajstić information content (AvgIpc) is 3.15. The summed E-state index contributed by atoms with van der Waals surface area (Å²) in [6.07, 6.45) is 3.82. The van der Waals surface area contributed by atoms with Crippen molar-refractivity contribution < 1.29 is 19.5 Å². The summed E-state index contributed by atoms with van der Waals surface area (Å²) in [6.45, 7) is 0.384. The molecule has 1 aromatic carbocycles. The van der Waals surface area contributed by atoms with Gasteiger partial charge >= 0.3 is 5.97 Å². The van der Waals surface area contributed by atoms with E-state index in [1.165, 1.54) is 4.90 Å². The molecule has 0 saturated carbocycles. The van der Waals surface area contributed by atoms with Gasteiger partial charge in [0, 0.05) is 13.0 Å². The van der Waals surface area contributed by atoms with Crippen LogP contribution in [0.3, 0.4) is 0 Å². The van der Waals surface area contributed by atoms with Gasteiger partial charge in [0.05, 0.1) is 6.04 Å². The highest BCUT2D eigenvalue weighted by molar-refractivity contribution is 7.98. The zero-order valence-corrected chi connectivity index (χ0v) is 16.3. The number of hydrogen-bond donors (Lipinski definition) is 3. The lowest BCUT2D eigenvalue weighted by Crippen LogP contribution is -2.55. The number of benzene rings is 1. The summed E-state index contributed by atoms with van der Waals surface area (Å²) in [7, 11) is 0. The fraction of sp³-hybridized carbons (Fsp3) is 0.526. The van der Waals surface area contributed by atoms with Gasteiger partial charge < -0.3 is 21.1 Å². The molecule has 0 radical (unpaired) electrons. The molecule has 0 aliphatic carbocycles. The van der Waals surface area contributed by atoms with Crippen molar-refractivity contribution in [1.29, 1.82) is 0 Å². The van der Waals surface area contributed by atoms with E-state index in [1.807, 2.05) is 36.6 Å². The van der Waals surface area contributed by atoms with Crippen LogP contribution in [0.2, 0.25) is 0 Å². The van der Waals surface area contributed by atoms with Crippen molar-refractivity contribution in [2.45, 2.75) is 43.8 Å². The van der Waals surface area contributed by atoms with E-state index in [9.17, 15) is 19.5 Å². The monoisotopic (exact) mass is 393 g/mol. The first-order valence-corrected chi connectivity index (χ1v) is 10.5. The normalized spacial score (nSPS) is 18.7. The molecule has 2 amide bonds. The number of carbonyl (C=O) groups excluding carboxylic acids is 2. The number of nitrogens with one attached hydrogen (secondary N) is 1. The van der Waals surface area contributed by atoms with Crippen molar-refractivity contribution in [3.8, 4) is 0 Å². The summed E-state index contributed by atoms with van der Waals surface area (Å²) in [5.41, 5.74) is 6.82. The van der Waals surface area contributed by atoms with E-state index in [0.717, 1.165) is 11.3 Å². The van der Waals surface area contributed by atoms with Gasteiger partial charge in [0.1, 0.15) is 12.1 Å². The number of nitrogens with two attached hydrogens (primary N) is 1. The summed E-state index contributed by atoms with van der Waals surface area (Å²) in [6, 6.07) is 6.98. The third kappa shape index (κ3) is 5.97. The van der Waals surface area contributed by atoms with E-state index in [-0.39, 0.29) is 11.8 Å². The second-order valence-electron chi connectivity index (χ2n) is 6.67. The molecule has 0 aromatic heterocycles. The minimum absolute atomic E-state index is 0.295. The van der Waals surface area contributed by atoms with E-state index in [4.69, 9.17) is 5.73 Å². The Morgan fingerprint density at radius 2 is 2.04 bits per heavy atom. The molecule has 0 bridgehead atoms. The molecule has 1 aliphatic rings. The lowest BCUT2D eigenvalue weighted by Gasteiger charge is -2.28. The van der Waals surface area contributed by atoms with E-state index in [1.54, 1.807) is 11.8 Å². The number of amides is 2. The van der Waals surface area contributed by atoms with Crippen molar-refractivity contribution in [3.63, 3.8) is 0 Å². The number of rotatable bonds is 9. The Morgan fingerprint density at radius 1 is 1.33 bits per heavy atom. The van der Waals surface area contributed by atoms with Crippen LogP contribution in [0.25, 0.3) is 0 Å². The minimum atomic E-state index is -1.01. The number of likely N-dealkylation sites (tertiary alicyclic amines) is 1. The first-order chi connectivity index (χ1) is 12.9. The van der Waals surface area contributed by atoms with Crippen molar-refractivity contribution in [2.75, 3.05) is 18.6 Å². The van der Waals surface area contributed by atoms with Crippen molar-refractivity contribution in [3.05, 3.63) is 35.9 Å². The maximum absolute atomic E-state index is 13.0. The smallest absolute Gasteiger partial charge is 0.326 e. The van der Waals surface area contributed by atoms with Crippen LogP contribution in [0.4, 0.5) is 0 Å². The second-order valence-corrected chi connectivity index (χ2v) is 7.65. The number of carboxylic acids is 1. The van der Waals surface area contributed by atoms with Crippen LogP contribution < -0.4 is 11.1 Å². The topological polar surface area (TPSA) is 113 Å². The van der Waals surface area contributed by atoms with Crippen molar-refractivity contribution in [2.24, 2.45) is 5.73 Å². The van der Waals surface area contributed by atoms with E-state index in [0.29, 0.717) is 32.2 Å². The zero-order valence-electron chi connectivity index (χ0n) is 15.5. The molecular weight excluding hydrogens is 366 g/mol. The predicted molar refractivity (Wildman–Crippen MR) is 105 cm³/mol. The summed E-state index contributed by atoms with van der Waals surface area (Å²) in [4.78, 5) is 38.3. The molecule has 3 atom stereocenters. The molecule has 1 fully saturated rings. The lowest BCUT2D eigenvalue weighted by atomic mass is 10.0. The first kappa shape index (κ1) is 21.2. The number of aliphatic carboxylic acids is 1. The van der Waals surface area contributed by atoms with Crippen LogP contribution in [0, 0.1) is 0 Å². The SMILES string of the molecule is CSCC[C@H](N)C(=O)N[C@@H](Cc1ccccc1)C(=O)N1CCC[C@@H]1C(=O)O. The number of carboxylic acid groups (broad SMARTS) is 1. The predicted octanol–water partition coefficient (Wildman–Crippen LogP) is 0.870. The van der Waals surface area contributed by atoms with Gasteiger partial charge in [-0.1, -0.05) is 30.3 Å². The maximum Gasteiger partial charge on any atom is 0.326 e. The van der Waals surface area contributed by atoms with Crippen molar-refractivity contribution >= 4 is 29.5 Å². The Morgan fingerprint density at radius 3 is 2.67 bits per heavy atom. The maximum atomic E-state index is 13.0. The quantitative estimate of drug-likeness (QED) is 0.574. The standard InChI is InChI=1S/C19H27N3O4S/c1-27-11-9-14(20)17(23)21-15(12-13-6-3-2-4-7-13)18(24)22-10-5-8-16(22)19(25)26/h2-4,6-7,14-16H,5,8-12,20H2,1H3,(H,21,23)(H,25,26)/t14-,15-,16+/m0/s1. The van der Waals surface area contributed by atoms with Gasteiger partial charge in [0.25, 0.3) is 0 Å². The summed E-state index contributed by atoms with van der Waals surface area (Å²) in [5, 5.41) is 12.1. The average molecular weight is 394 g/mol. The molecule has 4 N–H and O–H groups in total. The van der Waals surface area contributed by atoms with Crippen LogP contribution in [0.15, 0.2) is 30.3 Å². The molecule has 0 spiro atoms. The Labute approximate surface area is 163 Å². The highest BCUT2D eigenvalue weighted by Gasteiger charge is 2.37. The molecule has 148 valence electrons. The summed E-state index contributed by atoms with van der Waals surface area (Å²) >= 11 is 1.60. The number of thioether (sulfide) groups is 1. The summed E-state index contributed by atoms with van der Waals surface area (Å²) in [5.74, 6) is -1.01. The van der Waals surface area contributed by atoms with Gasteiger partial charge in [-0.3, -0.25) is 9.59 Å². The van der Waals surface area contributed by atoms with Gasteiger partial charge in [-0.05, 0) is 36.8 Å².